The highest BCUT2D eigenvalue weighted by Crippen LogP contribution is 2.10. The number of carbonyl (C=O) groups is 2. The molecular weight excluding hydrogens is 232 g/mol. The highest BCUT2D eigenvalue weighted by atomic mass is 16.5. The summed E-state index contributed by atoms with van der Waals surface area (Å²) in [4.78, 5) is 27.6. The molecule has 1 amide bonds. The number of amides is 1. The molecule has 0 aliphatic rings. The molecule has 0 aliphatic heterocycles. The molecule has 98 valence electrons. The second-order valence-electron chi connectivity index (χ2n) is 4.18. The number of methoxy groups -OCH3 is 1. The molecule has 0 radical (unpaired) electrons. The fourth-order valence-electron chi connectivity index (χ4n) is 1.41. The van der Waals surface area contributed by atoms with Crippen LogP contribution in [-0.2, 0) is 4.74 Å². The lowest BCUT2D eigenvalue weighted by Gasteiger charge is -2.12. The summed E-state index contributed by atoms with van der Waals surface area (Å²) in [5, 5.41) is 2.78. The van der Waals surface area contributed by atoms with Crippen molar-refractivity contribution >= 4 is 11.9 Å². The van der Waals surface area contributed by atoms with Crippen molar-refractivity contribution in [3.63, 3.8) is 0 Å². The summed E-state index contributed by atoms with van der Waals surface area (Å²) in [6.45, 7) is 5.66. The first-order valence-corrected chi connectivity index (χ1v) is 5.85. The Kier molecular flexibility index (Phi) is 4.83. The molecule has 1 atom stereocenters. The molecule has 18 heavy (non-hydrogen) atoms. The first-order chi connectivity index (χ1) is 8.49. The van der Waals surface area contributed by atoms with E-state index in [1.165, 1.54) is 7.11 Å². The van der Waals surface area contributed by atoms with Crippen molar-refractivity contribution in [3.05, 3.63) is 29.1 Å². The maximum Gasteiger partial charge on any atom is 0.340 e. The number of esters is 1. The summed E-state index contributed by atoms with van der Waals surface area (Å²) < 4.78 is 4.65. The molecule has 0 spiro atoms. The van der Waals surface area contributed by atoms with Crippen LogP contribution in [0, 0.1) is 6.92 Å². The molecule has 1 unspecified atom stereocenters. The van der Waals surface area contributed by atoms with Gasteiger partial charge >= 0.3 is 5.97 Å². The van der Waals surface area contributed by atoms with Gasteiger partial charge in [0.1, 0.15) is 5.69 Å². The Bertz CT molecular complexity index is 458. The minimum absolute atomic E-state index is 0.0334. The zero-order chi connectivity index (χ0) is 13.7. The van der Waals surface area contributed by atoms with Crippen LogP contribution in [0.2, 0.25) is 0 Å². The number of carbonyl (C=O) groups excluding carboxylic acids is 2. The molecule has 1 aromatic heterocycles. The van der Waals surface area contributed by atoms with E-state index in [1.54, 1.807) is 19.2 Å². The van der Waals surface area contributed by atoms with E-state index in [-0.39, 0.29) is 23.2 Å². The van der Waals surface area contributed by atoms with Gasteiger partial charge in [-0.05, 0) is 31.9 Å². The Morgan fingerprint density at radius 1 is 1.50 bits per heavy atom. The van der Waals surface area contributed by atoms with Gasteiger partial charge in [0.05, 0.1) is 12.7 Å². The largest absolute Gasteiger partial charge is 0.465 e. The molecule has 0 aromatic carbocycles. The van der Waals surface area contributed by atoms with Gasteiger partial charge in [-0.2, -0.15) is 0 Å². The van der Waals surface area contributed by atoms with Gasteiger partial charge in [0, 0.05) is 12.2 Å². The summed E-state index contributed by atoms with van der Waals surface area (Å²) in [6.07, 6.45) is 2.36. The van der Waals surface area contributed by atoms with Crippen molar-refractivity contribution in [2.45, 2.75) is 33.2 Å². The average molecular weight is 250 g/mol. The quantitative estimate of drug-likeness (QED) is 0.826. The number of pyridine rings is 1. The summed E-state index contributed by atoms with van der Waals surface area (Å²) in [7, 11) is 1.28. The van der Waals surface area contributed by atoms with E-state index in [1.807, 2.05) is 13.8 Å². The van der Waals surface area contributed by atoms with Crippen LogP contribution in [0.15, 0.2) is 12.3 Å². The molecule has 0 aliphatic carbocycles. The standard InChI is InChI=1S/C13H18N2O3/c1-5-9(3)15-12(16)11-10(13(17)18-4)6-8(2)7-14-11/h6-7,9H,5H2,1-4H3,(H,15,16). The maximum atomic E-state index is 12.0. The van der Waals surface area contributed by atoms with Crippen LogP contribution < -0.4 is 5.32 Å². The van der Waals surface area contributed by atoms with E-state index >= 15 is 0 Å². The third-order valence-corrected chi connectivity index (χ3v) is 2.63. The molecule has 0 fully saturated rings. The van der Waals surface area contributed by atoms with Crippen LogP contribution in [0.4, 0.5) is 0 Å². The summed E-state index contributed by atoms with van der Waals surface area (Å²) >= 11 is 0. The van der Waals surface area contributed by atoms with Crippen LogP contribution in [0.1, 0.15) is 46.7 Å². The number of hydrogen-bond acceptors (Lipinski definition) is 4. The van der Waals surface area contributed by atoms with E-state index in [9.17, 15) is 9.59 Å². The van der Waals surface area contributed by atoms with E-state index in [4.69, 9.17) is 0 Å². The van der Waals surface area contributed by atoms with Gasteiger partial charge in [-0.3, -0.25) is 4.79 Å². The van der Waals surface area contributed by atoms with E-state index in [0.29, 0.717) is 0 Å². The lowest BCUT2D eigenvalue weighted by atomic mass is 10.1. The topological polar surface area (TPSA) is 68.3 Å². The number of nitrogens with zero attached hydrogens (tertiary/aromatic N) is 1. The Morgan fingerprint density at radius 2 is 2.17 bits per heavy atom. The first kappa shape index (κ1) is 14.2. The van der Waals surface area contributed by atoms with Gasteiger partial charge < -0.3 is 10.1 Å². The van der Waals surface area contributed by atoms with Crippen molar-refractivity contribution in [3.8, 4) is 0 Å². The Morgan fingerprint density at radius 3 is 2.72 bits per heavy atom. The SMILES string of the molecule is CCC(C)NC(=O)c1ncc(C)cc1C(=O)OC. The first-order valence-electron chi connectivity index (χ1n) is 5.85. The third-order valence-electron chi connectivity index (χ3n) is 2.63. The Balaban J connectivity index is 3.07. The minimum Gasteiger partial charge on any atom is -0.465 e. The van der Waals surface area contributed by atoms with Gasteiger partial charge in [-0.25, -0.2) is 9.78 Å². The molecule has 0 bridgehead atoms. The zero-order valence-electron chi connectivity index (χ0n) is 11.1. The highest BCUT2D eigenvalue weighted by molar-refractivity contribution is 6.04. The third kappa shape index (κ3) is 3.29. The van der Waals surface area contributed by atoms with Gasteiger partial charge in [0.25, 0.3) is 5.91 Å². The lowest BCUT2D eigenvalue weighted by Crippen LogP contribution is -2.33. The summed E-state index contributed by atoms with van der Waals surface area (Å²) in [5.74, 6) is -0.912. The molecule has 1 rings (SSSR count). The van der Waals surface area contributed by atoms with E-state index < -0.39 is 5.97 Å². The van der Waals surface area contributed by atoms with Crippen molar-refractivity contribution in [1.82, 2.24) is 10.3 Å². The molecule has 5 heteroatoms. The van der Waals surface area contributed by atoms with Crippen LogP contribution >= 0.6 is 0 Å². The van der Waals surface area contributed by atoms with Crippen LogP contribution in [0.3, 0.4) is 0 Å². The van der Waals surface area contributed by atoms with Crippen LogP contribution in [-0.4, -0.2) is 30.0 Å². The second kappa shape index (κ2) is 6.14. The predicted octanol–water partition coefficient (Wildman–Crippen LogP) is 1.70. The van der Waals surface area contributed by atoms with Crippen molar-refractivity contribution in [2.24, 2.45) is 0 Å². The molecular formula is C13H18N2O3. The Labute approximate surface area is 107 Å². The fourth-order valence-corrected chi connectivity index (χ4v) is 1.41. The van der Waals surface area contributed by atoms with E-state index in [0.717, 1.165) is 12.0 Å². The smallest absolute Gasteiger partial charge is 0.340 e. The van der Waals surface area contributed by atoms with Crippen molar-refractivity contribution in [1.29, 1.82) is 0 Å². The second-order valence-corrected chi connectivity index (χ2v) is 4.18. The Hall–Kier alpha value is -1.91. The number of aromatic nitrogens is 1. The predicted molar refractivity (Wildman–Crippen MR) is 67.5 cm³/mol. The van der Waals surface area contributed by atoms with Gasteiger partial charge in [-0.15, -0.1) is 0 Å². The monoisotopic (exact) mass is 250 g/mol. The number of rotatable bonds is 4. The average Bonchev–Trinajstić information content (AvgIpc) is 2.37. The van der Waals surface area contributed by atoms with Crippen LogP contribution in [0.25, 0.3) is 0 Å². The summed E-state index contributed by atoms with van der Waals surface area (Å²) in [5.41, 5.74) is 1.10. The molecule has 0 saturated heterocycles. The molecule has 1 heterocycles. The molecule has 0 saturated carbocycles. The molecule has 1 aromatic rings. The van der Waals surface area contributed by atoms with Crippen molar-refractivity contribution < 1.29 is 14.3 Å². The van der Waals surface area contributed by atoms with Gasteiger partial charge in [-0.1, -0.05) is 6.92 Å². The highest BCUT2D eigenvalue weighted by Gasteiger charge is 2.20. The zero-order valence-corrected chi connectivity index (χ0v) is 11.1. The molecule has 1 N–H and O–H groups in total. The number of nitrogens with one attached hydrogen (secondary N) is 1. The number of hydrogen-bond donors (Lipinski definition) is 1. The van der Waals surface area contributed by atoms with Gasteiger partial charge in [0.15, 0.2) is 0 Å². The summed E-state index contributed by atoms with van der Waals surface area (Å²) in [6, 6.07) is 1.63. The van der Waals surface area contributed by atoms with Crippen molar-refractivity contribution in [2.75, 3.05) is 7.11 Å². The fraction of sp³-hybridized carbons (Fsp3) is 0.462. The maximum absolute atomic E-state index is 12.0. The normalized spacial score (nSPS) is 11.8. The minimum atomic E-state index is -0.555. The lowest BCUT2D eigenvalue weighted by molar-refractivity contribution is 0.0595. The van der Waals surface area contributed by atoms with E-state index in [2.05, 4.69) is 15.0 Å². The van der Waals surface area contributed by atoms with Crippen LogP contribution in [0.5, 0.6) is 0 Å². The number of ether oxygens (including phenoxy) is 1. The molecule has 5 nitrogen and oxygen atoms in total. The van der Waals surface area contributed by atoms with Gasteiger partial charge in [0.2, 0.25) is 0 Å². The number of aryl methyl sites for hydroxylation is 1.